The van der Waals surface area contributed by atoms with Crippen LogP contribution in [0.5, 0.6) is 0 Å². The van der Waals surface area contributed by atoms with Crippen molar-refractivity contribution in [3.8, 4) is 0 Å². The molecule has 0 aromatic heterocycles. The number of carbonyl (C=O) groups excluding carboxylic acids is 1. The van der Waals surface area contributed by atoms with Crippen molar-refractivity contribution in [3.63, 3.8) is 0 Å². The third-order valence-corrected chi connectivity index (χ3v) is 8.81. The fourth-order valence-electron chi connectivity index (χ4n) is 5.82. The van der Waals surface area contributed by atoms with E-state index in [1.807, 2.05) is 14.1 Å². The minimum absolute atomic E-state index is 0.0320. The molecule has 50 heavy (non-hydrogen) atoms. The summed E-state index contributed by atoms with van der Waals surface area (Å²) in [5.41, 5.74) is 0. The summed E-state index contributed by atoms with van der Waals surface area (Å²) in [5, 5.41) is 17.3. The zero-order chi connectivity index (χ0) is 36.8. The summed E-state index contributed by atoms with van der Waals surface area (Å²) in [6.45, 7) is 0.911. The summed E-state index contributed by atoms with van der Waals surface area (Å²) < 4.78 is 5.97. The highest BCUT2D eigenvalue weighted by Crippen LogP contribution is 2.18. The molecule has 0 aromatic rings. The number of rotatable bonds is 37. The van der Waals surface area contributed by atoms with E-state index < -0.39 is 11.9 Å². The second-order valence-electron chi connectivity index (χ2n) is 14.1. The Morgan fingerprint density at radius 3 is 1.22 bits per heavy atom. The van der Waals surface area contributed by atoms with Crippen LogP contribution in [0, 0.1) is 0 Å². The van der Waals surface area contributed by atoms with Gasteiger partial charge in [-0.15, -0.1) is 0 Å². The van der Waals surface area contributed by atoms with Gasteiger partial charge >= 0.3 is 17.9 Å². The fourth-order valence-corrected chi connectivity index (χ4v) is 5.82. The van der Waals surface area contributed by atoms with Crippen LogP contribution in [0.3, 0.4) is 0 Å². The van der Waals surface area contributed by atoms with E-state index in [9.17, 15) is 14.4 Å². The Hall–Kier alpha value is -2.67. The normalized spacial score (nSPS) is 12.7. The Labute approximate surface area is 306 Å². The first-order valence-corrected chi connectivity index (χ1v) is 20.2. The first kappa shape index (κ1) is 47.3. The summed E-state index contributed by atoms with van der Waals surface area (Å²) in [7, 11) is 4.07. The van der Waals surface area contributed by atoms with E-state index in [2.05, 4.69) is 53.5 Å². The van der Waals surface area contributed by atoms with Crippen molar-refractivity contribution >= 4 is 17.9 Å². The highest BCUT2D eigenvalue weighted by atomic mass is 16.5. The molecule has 0 amide bonds. The maximum absolute atomic E-state index is 12.5. The van der Waals surface area contributed by atoms with Crippen LogP contribution in [-0.2, 0) is 19.1 Å². The average molecular weight is 702 g/mol. The Morgan fingerprint density at radius 2 is 0.840 bits per heavy atom. The number of carboxylic acids is 2. The zero-order valence-corrected chi connectivity index (χ0v) is 32.2. The van der Waals surface area contributed by atoms with Crippen LogP contribution < -0.4 is 0 Å². The maximum atomic E-state index is 12.5. The topological polar surface area (TPSA) is 104 Å². The molecular weight excluding hydrogens is 626 g/mol. The molecule has 0 rings (SSSR count). The Morgan fingerprint density at radius 1 is 0.480 bits per heavy atom. The van der Waals surface area contributed by atoms with Crippen LogP contribution in [0.25, 0.3) is 0 Å². The highest BCUT2D eigenvalue weighted by molar-refractivity contribution is 5.69. The van der Waals surface area contributed by atoms with Crippen LogP contribution >= 0.6 is 0 Å². The van der Waals surface area contributed by atoms with Gasteiger partial charge in [0.1, 0.15) is 6.10 Å². The Balaban J connectivity index is 4.01. The SMILES string of the molecule is CN(C)CCCC(=O)OC(CCCCCCCCC=CCC=CCCCCC(=O)O)CCCCCCCCC=CCC=CCCCCC(=O)O. The number of aliphatic carboxylic acids is 2. The number of unbranched alkanes of at least 4 members (excludes halogenated alkanes) is 16. The number of hydrogen-bond donors (Lipinski definition) is 2. The van der Waals surface area contributed by atoms with E-state index in [0.717, 1.165) is 103 Å². The van der Waals surface area contributed by atoms with Gasteiger partial charge in [-0.3, -0.25) is 14.4 Å². The maximum Gasteiger partial charge on any atom is 0.306 e. The number of carbonyl (C=O) groups is 3. The van der Waals surface area contributed by atoms with Gasteiger partial charge in [0.25, 0.3) is 0 Å². The summed E-state index contributed by atoms with van der Waals surface area (Å²) in [5.74, 6) is -1.45. The predicted molar refractivity (Wildman–Crippen MR) is 210 cm³/mol. The molecule has 288 valence electrons. The lowest BCUT2D eigenvalue weighted by Gasteiger charge is -2.18. The van der Waals surface area contributed by atoms with E-state index in [1.54, 1.807) is 0 Å². The van der Waals surface area contributed by atoms with E-state index in [-0.39, 0.29) is 24.9 Å². The number of nitrogens with zero attached hydrogens (tertiary/aromatic N) is 1. The van der Waals surface area contributed by atoms with Gasteiger partial charge in [-0.25, -0.2) is 0 Å². The van der Waals surface area contributed by atoms with Gasteiger partial charge in [0.05, 0.1) is 0 Å². The standard InChI is InChI=1S/C43H75NO6/c1-44(2)39-33-38-43(49)50-40(34-29-25-21-17-13-9-5-3-7-11-15-19-23-27-31-36-41(45)46)35-30-26-22-18-14-10-6-4-8-12-16-20-24-28-32-37-42(47)48/h3-4,7-8,15-16,19-20,40H,5-6,9-14,17-18,21-39H2,1-2H3,(H,45,46)(H,47,48). The second kappa shape index (κ2) is 37.6. The second-order valence-corrected chi connectivity index (χ2v) is 14.1. The van der Waals surface area contributed by atoms with Crippen molar-refractivity contribution in [2.45, 2.75) is 186 Å². The first-order chi connectivity index (χ1) is 24.3. The van der Waals surface area contributed by atoms with Crippen LogP contribution in [-0.4, -0.2) is 59.8 Å². The van der Waals surface area contributed by atoms with E-state index >= 15 is 0 Å². The van der Waals surface area contributed by atoms with Crippen molar-refractivity contribution < 1.29 is 29.3 Å². The number of hydrogen-bond acceptors (Lipinski definition) is 5. The summed E-state index contributed by atoms with van der Waals surface area (Å²) in [6.07, 6.45) is 45.8. The zero-order valence-electron chi connectivity index (χ0n) is 32.2. The molecule has 0 atom stereocenters. The van der Waals surface area contributed by atoms with Gasteiger partial charge in [0.15, 0.2) is 0 Å². The van der Waals surface area contributed by atoms with E-state index in [1.165, 1.54) is 64.2 Å². The molecule has 0 aliphatic carbocycles. The summed E-state index contributed by atoms with van der Waals surface area (Å²) in [4.78, 5) is 35.7. The molecule has 2 N–H and O–H groups in total. The van der Waals surface area contributed by atoms with Gasteiger partial charge in [-0.1, -0.05) is 100.0 Å². The van der Waals surface area contributed by atoms with Crippen LogP contribution in [0.1, 0.15) is 180 Å². The molecular formula is C43H75NO6. The van der Waals surface area contributed by atoms with Crippen molar-refractivity contribution in [1.29, 1.82) is 0 Å². The van der Waals surface area contributed by atoms with Crippen LogP contribution in [0.2, 0.25) is 0 Å². The minimum Gasteiger partial charge on any atom is -0.481 e. The van der Waals surface area contributed by atoms with Crippen molar-refractivity contribution in [2.24, 2.45) is 0 Å². The molecule has 7 nitrogen and oxygen atoms in total. The molecule has 0 bridgehead atoms. The van der Waals surface area contributed by atoms with Gasteiger partial charge in [0, 0.05) is 19.3 Å². The minimum atomic E-state index is -0.707. The lowest BCUT2D eigenvalue weighted by molar-refractivity contribution is -0.150. The van der Waals surface area contributed by atoms with E-state index in [0.29, 0.717) is 6.42 Å². The van der Waals surface area contributed by atoms with Gasteiger partial charge in [0.2, 0.25) is 0 Å². The average Bonchev–Trinajstić information content (AvgIpc) is 3.06. The molecule has 0 saturated carbocycles. The molecule has 0 aliphatic rings. The molecule has 0 aliphatic heterocycles. The summed E-state index contributed by atoms with van der Waals surface area (Å²) in [6, 6.07) is 0. The number of esters is 1. The molecule has 0 radical (unpaired) electrons. The molecule has 0 heterocycles. The third kappa shape index (κ3) is 39.8. The number of allylic oxidation sites excluding steroid dienone is 8. The van der Waals surface area contributed by atoms with Crippen molar-refractivity contribution in [3.05, 3.63) is 48.6 Å². The van der Waals surface area contributed by atoms with Gasteiger partial charge in [-0.05, 0) is 130 Å². The van der Waals surface area contributed by atoms with Gasteiger partial charge < -0.3 is 19.8 Å². The van der Waals surface area contributed by atoms with Crippen LogP contribution in [0.4, 0.5) is 0 Å². The third-order valence-electron chi connectivity index (χ3n) is 8.81. The lowest BCUT2D eigenvalue weighted by Crippen LogP contribution is -2.20. The quantitative estimate of drug-likeness (QED) is 0.0377. The number of ether oxygens (including phenoxy) is 1. The van der Waals surface area contributed by atoms with E-state index in [4.69, 9.17) is 14.9 Å². The van der Waals surface area contributed by atoms with Crippen molar-refractivity contribution in [1.82, 2.24) is 4.90 Å². The molecule has 0 unspecified atom stereocenters. The summed E-state index contributed by atoms with van der Waals surface area (Å²) >= 11 is 0. The fraction of sp³-hybridized carbons (Fsp3) is 0.744. The number of carboxylic acid groups (broad SMARTS) is 2. The largest absolute Gasteiger partial charge is 0.481 e. The molecule has 0 aromatic carbocycles. The molecule has 0 spiro atoms. The predicted octanol–water partition coefficient (Wildman–Crippen LogP) is 11.8. The molecule has 0 saturated heterocycles. The smallest absolute Gasteiger partial charge is 0.306 e. The van der Waals surface area contributed by atoms with Crippen molar-refractivity contribution in [2.75, 3.05) is 20.6 Å². The first-order valence-electron chi connectivity index (χ1n) is 20.2. The Bertz CT molecular complexity index is 862. The highest BCUT2D eigenvalue weighted by Gasteiger charge is 2.14. The molecule has 7 heteroatoms. The van der Waals surface area contributed by atoms with Gasteiger partial charge in [-0.2, -0.15) is 0 Å². The monoisotopic (exact) mass is 702 g/mol. The lowest BCUT2D eigenvalue weighted by atomic mass is 10.0. The molecule has 0 fully saturated rings. The van der Waals surface area contributed by atoms with Crippen LogP contribution in [0.15, 0.2) is 48.6 Å². The Kier molecular flexibility index (Phi) is 35.6.